The number of carbonyl (C=O) groups is 3. The number of esters is 1. The molecule has 8 nitrogen and oxygen atoms in total. The first-order chi connectivity index (χ1) is 12.7. The summed E-state index contributed by atoms with van der Waals surface area (Å²) >= 11 is 0.772. The molecular weight excluding hydrogens is 370 g/mol. The topological polar surface area (TPSA) is 90.6 Å². The van der Waals surface area contributed by atoms with Crippen molar-refractivity contribution >= 4 is 46.0 Å². The number of carbonyl (C=O) groups excluding carboxylic acids is 3. The van der Waals surface area contributed by atoms with E-state index in [0.29, 0.717) is 5.56 Å². The van der Waals surface area contributed by atoms with E-state index < -0.39 is 23.7 Å². The van der Waals surface area contributed by atoms with Gasteiger partial charge < -0.3 is 4.74 Å². The lowest BCUT2D eigenvalue weighted by molar-refractivity contribution is -0.149. The molecule has 3 rings (SSSR count). The molecule has 0 atom stereocenters. The molecule has 9 heteroatoms. The van der Waals surface area contributed by atoms with E-state index in [2.05, 4.69) is 0 Å². The molecule has 1 aliphatic heterocycles. The number of aryl methyl sites for hydroxylation is 2. The van der Waals surface area contributed by atoms with Crippen molar-refractivity contribution in [2.24, 2.45) is 14.1 Å². The summed E-state index contributed by atoms with van der Waals surface area (Å²) < 4.78 is 8.04. The standard InChI is InChI=1S/C18H19N3O5S/c1-10(2)26-15(22)9-21-16(23)14(27-18(21)25)8-11-5-6-12-13(7-11)20(4)17(24)19(12)3/h5-8,10H,9H2,1-4H3. The van der Waals surface area contributed by atoms with Gasteiger partial charge in [-0.25, -0.2) is 4.79 Å². The van der Waals surface area contributed by atoms with E-state index in [4.69, 9.17) is 4.74 Å². The lowest BCUT2D eigenvalue weighted by atomic mass is 10.2. The molecule has 1 aromatic carbocycles. The number of fused-ring (bicyclic) bond motifs is 1. The maximum atomic E-state index is 12.5. The molecule has 0 radical (unpaired) electrons. The van der Waals surface area contributed by atoms with Crippen molar-refractivity contribution in [3.63, 3.8) is 0 Å². The molecule has 0 unspecified atom stereocenters. The summed E-state index contributed by atoms with van der Waals surface area (Å²) in [4.78, 5) is 49.4. The van der Waals surface area contributed by atoms with Gasteiger partial charge in [0.1, 0.15) is 6.54 Å². The molecule has 1 aliphatic rings. The highest BCUT2D eigenvalue weighted by Crippen LogP contribution is 2.32. The first-order valence-corrected chi connectivity index (χ1v) is 9.11. The smallest absolute Gasteiger partial charge is 0.328 e. The molecule has 1 aromatic heterocycles. The van der Waals surface area contributed by atoms with E-state index in [9.17, 15) is 19.2 Å². The van der Waals surface area contributed by atoms with E-state index in [1.807, 2.05) is 0 Å². The number of imidazole rings is 1. The van der Waals surface area contributed by atoms with Crippen molar-refractivity contribution in [1.82, 2.24) is 14.0 Å². The molecule has 0 saturated carbocycles. The number of rotatable bonds is 4. The normalized spacial score (nSPS) is 16.2. The summed E-state index contributed by atoms with van der Waals surface area (Å²) in [6, 6.07) is 5.33. The van der Waals surface area contributed by atoms with Crippen LogP contribution in [0.25, 0.3) is 17.1 Å². The molecule has 0 bridgehead atoms. The summed E-state index contributed by atoms with van der Waals surface area (Å²) in [7, 11) is 3.36. The minimum absolute atomic E-state index is 0.147. The number of nitrogens with zero attached hydrogens (tertiary/aromatic N) is 3. The van der Waals surface area contributed by atoms with Crippen LogP contribution in [0.2, 0.25) is 0 Å². The van der Waals surface area contributed by atoms with Gasteiger partial charge in [0, 0.05) is 14.1 Å². The molecule has 142 valence electrons. The van der Waals surface area contributed by atoms with Gasteiger partial charge in [-0.05, 0) is 49.4 Å². The fraction of sp³-hybridized carbons (Fsp3) is 0.333. The summed E-state index contributed by atoms with van der Waals surface area (Å²) in [6.45, 7) is 2.98. The second-order valence-electron chi connectivity index (χ2n) is 6.46. The van der Waals surface area contributed by atoms with Crippen LogP contribution in [0.15, 0.2) is 27.9 Å². The van der Waals surface area contributed by atoms with Crippen LogP contribution >= 0.6 is 11.8 Å². The second-order valence-corrected chi connectivity index (χ2v) is 7.45. The van der Waals surface area contributed by atoms with Crippen molar-refractivity contribution in [3.8, 4) is 0 Å². The van der Waals surface area contributed by atoms with Gasteiger partial charge in [0.25, 0.3) is 11.1 Å². The van der Waals surface area contributed by atoms with Gasteiger partial charge >= 0.3 is 11.7 Å². The zero-order chi connectivity index (χ0) is 19.9. The van der Waals surface area contributed by atoms with Crippen molar-refractivity contribution in [2.45, 2.75) is 20.0 Å². The highest BCUT2D eigenvalue weighted by Gasteiger charge is 2.36. The fourth-order valence-electron chi connectivity index (χ4n) is 2.83. The number of hydrogen-bond donors (Lipinski definition) is 0. The minimum Gasteiger partial charge on any atom is -0.462 e. The Morgan fingerprint density at radius 2 is 1.81 bits per heavy atom. The number of ether oxygens (including phenoxy) is 1. The largest absolute Gasteiger partial charge is 0.462 e. The van der Waals surface area contributed by atoms with Gasteiger partial charge in [-0.15, -0.1) is 0 Å². The van der Waals surface area contributed by atoms with Gasteiger partial charge in [-0.1, -0.05) is 6.07 Å². The van der Waals surface area contributed by atoms with E-state index in [1.165, 1.54) is 9.13 Å². The molecular formula is C18H19N3O5S. The van der Waals surface area contributed by atoms with Crippen LogP contribution in [0.5, 0.6) is 0 Å². The summed E-state index contributed by atoms with van der Waals surface area (Å²) in [5.74, 6) is -1.16. The third-order valence-electron chi connectivity index (χ3n) is 4.12. The second kappa shape index (κ2) is 7.07. The summed E-state index contributed by atoms with van der Waals surface area (Å²) in [5.41, 5.74) is 2.02. The number of hydrogen-bond acceptors (Lipinski definition) is 6. The highest BCUT2D eigenvalue weighted by molar-refractivity contribution is 8.18. The van der Waals surface area contributed by atoms with Gasteiger partial charge in [0.05, 0.1) is 22.0 Å². The molecule has 27 heavy (non-hydrogen) atoms. The maximum absolute atomic E-state index is 12.5. The molecule has 0 N–H and O–H groups in total. The van der Waals surface area contributed by atoms with Crippen LogP contribution in [0.4, 0.5) is 4.79 Å². The van der Waals surface area contributed by atoms with Crippen molar-refractivity contribution < 1.29 is 19.1 Å². The average molecular weight is 389 g/mol. The first kappa shape index (κ1) is 19.0. The summed E-state index contributed by atoms with van der Waals surface area (Å²) in [6.07, 6.45) is 1.26. The van der Waals surface area contributed by atoms with Gasteiger partial charge in [-0.3, -0.25) is 28.4 Å². The van der Waals surface area contributed by atoms with E-state index >= 15 is 0 Å². The third-order valence-corrected chi connectivity index (χ3v) is 5.03. The molecule has 1 fully saturated rings. The van der Waals surface area contributed by atoms with Crippen LogP contribution < -0.4 is 5.69 Å². The number of thioether (sulfide) groups is 1. The van der Waals surface area contributed by atoms with Crippen LogP contribution in [0.1, 0.15) is 19.4 Å². The number of benzene rings is 1. The fourth-order valence-corrected chi connectivity index (χ4v) is 3.67. The third kappa shape index (κ3) is 3.55. The molecule has 0 aliphatic carbocycles. The molecule has 2 aromatic rings. The zero-order valence-corrected chi connectivity index (χ0v) is 16.2. The molecule has 0 spiro atoms. The molecule has 2 heterocycles. The maximum Gasteiger partial charge on any atom is 0.328 e. The Morgan fingerprint density at radius 1 is 1.15 bits per heavy atom. The number of imide groups is 1. The Bertz CT molecular complexity index is 1050. The highest BCUT2D eigenvalue weighted by atomic mass is 32.2. The number of aromatic nitrogens is 2. The van der Waals surface area contributed by atoms with Crippen molar-refractivity contribution in [2.75, 3.05) is 6.54 Å². The Balaban J connectivity index is 1.87. The average Bonchev–Trinajstić information content (AvgIpc) is 2.97. The van der Waals surface area contributed by atoms with Crippen LogP contribution in [-0.4, -0.2) is 43.8 Å². The Morgan fingerprint density at radius 3 is 2.48 bits per heavy atom. The van der Waals surface area contributed by atoms with Gasteiger partial charge in [-0.2, -0.15) is 0 Å². The monoisotopic (exact) mass is 389 g/mol. The molecule has 1 saturated heterocycles. The minimum atomic E-state index is -0.630. The van der Waals surface area contributed by atoms with Gasteiger partial charge in [0.2, 0.25) is 0 Å². The van der Waals surface area contributed by atoms with Crippen molar-refractivity contribution in [3.05, 3.63) is 39.2 Å². The lowest BCUT2D eigenvalue weighted by Crippen LogP contribution is -2.35. The SMILES string of the molecule is CC(C)OC(=O)CN1C(=O)SC(=Cc2ccc3c(c2)n(C)c(=O)n3C)C1=O. The first-order valence-electron chi connectivity index (χ1n) is 8.29. The Kier molecular flexibility index (Phi) is 4.97. The van der Waals surface area contributed by atoms with Crippen LogP contribution in [0, 0.1) is 0 Å². The quantitative estimate of drug-likeness (QED) is 0.586. The predicted octanol–water partition coefficient (Wildman–Crippen LogP) is 1.86. The van der Waals surface area contributed by atoms with Crippen LogP contribution in [-0.2, 0) is 28.4 Å². The van der Waals surface area contributed by atoms with E-state index in [1.54, 1.807) is 52.2 Å². The lowest BCUT2D eigenvalue weighted by Gasteiger charge is -2.13. The predicted molar refractivity (Wildman–Crippen MR) is 102 cm³/mol. The molecule has 2 amide bonds. The Labute approximate surface area is 159 Å². The van der Waals surface area contributed by atoms with Crippen molar-refractivity contribution in [1.29, 1.82) is 0 Å². The van der Waals surface area contributed by atoms with Gasteiger partial charge in [0.15, 0.2) is 0 Å². The van der Waals surface area contributed by atoms with E-state index in [0.717, 1.165) is 27.7 Å². The zero-order valence-electron chi connectivity index (χ0n) is 15.4. The summed E-state index contributed by atoms with van der Waals surface area (Å²) in [5, 5.41) is -0.514. The Hall–Kier alpha value is -2.81. The van der Waals surface area contributed by atoms with Crippen LogP contribution in [0.3, 0.4) is 0 Å². The number of amides is 2. The van der Waals surface area contributed by atoms with E-state index in [-0.39, 0.29) is 16.7 Å².